The molecule has 0 aliphatic rings. The van der Waals surface area contributed by atoms with E-state index in [4.69, 9.17) is 10.5 Å². The number of hydrogen-bond donors (Lipinski definition) is 3. The Hall–Kier alpha value is -3.87. The molecule has 0 saturated heterocycles. The van der Waals surface area contributed by atoms with Gasteiger partial charge in [0.25, 0.3) is 0 Å². The molecular weight excluding hydrogens is 397 g/mol. The molecule has 4 N–H and O–H groups in total. The molecule has 6 nitrogen and oxygen atoms in total. The Morgan fingerprint density at radius 2 is 1.68 bits per heavy atom. The molecular formula is C24H24FN3O3. The maximum atomic E-state index is 13.3. The highest BCUT2D eigenvalue weighted by Crippen LogP contribution is 2.26. The zero-order valence-corrected chi connectivity index (χ0v) is 16.9. The summed E-state index contributed by atoms with van der Waals surface area (Å²) in [6.07, 6.45) is 0.499. The fraction of sp³-hybridized carbons (Fsp3) is 0.167. The summed E-state index contributed by atoms with van der Waals surface area (Å²) in [6.45, 7) is 0.350. The topological polar surface area (TPSA) is 93.5 Å². The summed E-state index contributed by atoms with van der Waals surface area (Å²) in [5, 5.41) is 5.40. The number of carbonyl (C=O) groups is 2. The highest BCUT2D eigenvalue weighted by Gasteiger charge is 2.18. The Bertz CT molecular complexity index is 1030. The van der Waals surface area contributed by atoms with Gasteiger partial charge in [-0.25, -0.2) is 9.18 Å². The number of hydrogen-bond acceptors (Lipinski definition) is 3. The van der Waals surface area contributed by atoms with E-state index in [1.54, 1.807) is 36.4 Å². The van der Waals surface area contributed by atoms with Crippen LogP contribution in [0.2, 0.25) is 0 Å². The number of rotatable bonds is 9. The normalized spacial score (nSPS) is 11.4. The van der Waals surface area contributed by atoms with E-state index >= 15 is 0 Å². The van der Waals surface area contributed by atoms with Gasteiger partial charge in [0.05, 0.1) is 12.5 Å². The predicted molar refractivity (Wildman–Crippen MR) is 116 cm³/mol. The summed E-state index contributed by atoms with van der Waals surface area (Å²) in [5.74, 6) is 0.678. The first-order chi connectivity index (χ1) is 15.0. The maximum absolute atomic E-state index is 13.3. The second-order valence-electron chi connectivity index (χ2n) is 6.98. The number of benzene rings is 3. The summed E-state index contributed by atoms with van der Waals surface area (Å²) in [4.78, 5) is 23.9. The van der Waals surface area contributed by atoms with Crippen LogP contribution in [0, 0.1) is 5.82 Å². The molecule has 1 atom stereocenters. The van der Waals surface area contributed by atoms with Crippen LogP contribution in [0.25, 0.3) is 0 Å². The number of carbonyl (C=O) groups excluding carboxylic acids is 2. The molecule has 0 spiro atoms. The number of nitrogens with one attached hydrogen (secondary N) is 2. The van der Waals surface area contributed by atoms with E-state index in [0.717, 1.165) is 5.56 Å². The van der Waals surface area contributed by atoms with Gasteiger partial charge in [0.15, 0.2) is 0 Å². The standard InChI is InChI=1S/C24H24FN3O3/c25-19-8-4-6-17(14-19)12-13-27-23(29)16-22(28-24(26)30)18-7-5-11-21(15-18)31-20-9-2-1-3-10-20/h1-11,14-15,22H,12-13,16H2,(H,27,29)(H3,26,28,30)/t22-/m1/s1. The largest absolute Gasteiger partial charge is 0.457 e. The van der Waals surface area contributed by atoms with Crippen LogP contribution < -0.4 is 21.1 Å². The quantitative estimate of drug-likeness (QED) is 0.486. The average molecular weight is 421 g/mol. The minimum atomic E-state index is -0.730. The van der Waals surface area contributed by atoms with Crippen molar-refractivity contribution in [3.05, 3.63) is 95.8 Å². The van der Waals surface area contributed by atoms with E-state index in [1.165, 1.54) is 12.1 Å². The number of nitrogens with two attached hydrogens (primary N) is 1. The van der Waals surface area contributed by atoms with Gasteiger partial charge >= 0.3 is 6.03 Å². The number of primary amides is 1. The van der Waals surface area contributed by atoms with Gasteiger partial charge in [0.1, 0.15) is 17.3 Å². The lowest BCUT2D eigenvalue weighted by Gasteiger charge is -2.19. The molecule has 0 heterocycles. The van der Waals surface area contributed by atoms with Crippen molar-refractivity contribution in [2.75, 3.05) is 6.54 Å². The molecule has 160 valence electrons. The van der Waals surface area contributed by atoms with Gasteiger partial charge in [0, 0.05) is 6.54 Å². The van der Waals surface area contributed by atoms with Crippen LogP contribution in [-0.2, 0) is 11.2 Å². The van der Waals surface area contributed by atoms with Gasteiger partial charge in [-0.2, -0.15) is 0 Å². The SMILES string of the molecule is NC(=O)N[C@H](CC(=O)NCCc1cccc(F)c1)c1cccc(Oc2ccccc2)c1. The number of para-hydroxylation sites is 1. The molecule has 0 radical (unpaired) electrons. The molecule has 3 rings (SSSR count). The van der Waals surface area contributed by atoms with Crippen molar-refractivity contribution in [1.29, 1.82) is 0 Å². The molecule has 0 aliphatic carbocycles. The molecule has 0 aromatic heterocycles. The number of urea groups is 1. The van der Waals surface area contributed by atoms with Crippen LogP contribution in [0.15, 0.2) is 78.9 Å². The molecule has 0 bridgehead atoms. The monoisotopic (exact) mass is 421 g/mol. The van der Waals surface area contributed by atoms with Crippen molar-refractivity contribution in [2.24, 2.45) is 5.73 Å². The van der Waals surface area contributed by atoms with Crippen molar-refractivity contribution in [1.82, 2.24) is 10.6 Å². The number of amides is 3. The van der Waals surface area contributed by atoms with Crippen LogP contribution >= 0.6 is 0 Å². The van der Waals surface area contributed by atoms with E-state index < -0.39 is 12.1 Å². The second-order valence-corrected chi connectivity index (χ2v) is 6.98. The van der Waals surface area contributed by atoms with Gasteiger partial charge < -0.3 is 21.1 Å². The first kappa shape index (κ1) is 21.8. The van der Waals surface area contributed by atoms with Gasteiger partial charge in [0.2, 0.25) is 5.91 Å². The molecule has 0 unspecified atom stereocenters. The summed E-state index contributed by atoms with van der Waals surface area (Å²) < 4.78 is 19.1. The molecule has 3 aromatic rings. The molecule has 0 aliphatic heterocycles. The van der Waals surface area contributed by atoms with Crippen LogP contribution in [0.3, 0.4) is 0 Å². The Balaban J connectivity index is 1.62. The third-order valence-electron chi connectivity index (χ3n) is 4.57. The fourth-order valence-corrected chi connectivity index (χ4v) is 3.14. The summed E-state index contributed by atoms with van der Waals surface area (Å²) in [5.41, 5.74) is 6.79. The van der Waals surface area contributed by atoms with Crippen molar-refractivity contribution >= 4 is 11.9 Å². The van der Waals surface area contributed by atoms with Gasteiger partial charge in [-0.05, 0) is 53.9 Å². The minimum Gasteiger partial charge on any atom is -0.457 e. The average Bonchev–Trinajstić information content (AvgIpc) is 2.74. The van der Waals surface area contributed by atoms with E-state index in [2.05, 4.69) is 10.6 Å². The second kappa shape index (κ2) is 10.8. The Kier molecular flexibility index (Phi) is 7.59. The maximum Gasteiger partial charge on any atom is 0.312 e. The van der Waals surface area contributed by atoms with Crippen LogP contribution in [0.1, 0.15) is 23.6 Å². The fourth-order valence-electron chi connectivity index (χ4n) is 3.14. The van der Waals surface area contributed by atoms with Gasteiger partial charge in [-0.3, -0.25) is 4.79 Å². The Morgan fingerprint density at radius 3 is 2.42 bits per heavy atom. The lowest BCUT2D eigenvalue weighted by Crippen LogP contribution is -2.37. The summed E-state index contributed by atoms with van der Waals surface area (Å²) >= 11 is 0. The lowest BCUT2D eigenvalue weighted by atomic mass is 10.0. The molecule has 3 amide bonds. The minimum absolute atomic E-state index is 0.000874. The lowest BCUT2D eigenvalue weighted by molar-refractivity contribution is -0.121. The van der Waals surface area contributed by atoms with Crippen molar-refractivity contribution in [3.63, 3.8) is 0 Å². The first-order valence-corrected chi connectivity index (χ1v) is 9.89. The molecule has 0 saturated carbocycles. The van der Waals surface area contributed by atoms with E-state index in [0.29, 0.717) is 30.0 Å². The molecule has 3 aromatic carbocycles. The van der Waals surface area contributed by atoms with E-state index in [1.807, 2.05) is 30.3 Å². The smallest absolute Gasteiger partial charge is 0.312 e. The highest BCUT2D eigenvalue weighted by molar-refractivity contribution is 5.78. The third kappa shape index (κ3) is 7.15. The van der Waals surface area contributed by atoms with Crippen LogP contribution in [0.5, 0.6) is 11.5 Å². The van der Waals surface area contributed by atoms with Crippen molar-refractivity contribution in [2.45, 2.75) is 18.9 Å². The molecule has 0 fully saturated rings. The van der Waals surface area contributed by atoms with Gasteiger partial charge in [-0.1, -0.05) is 42.5 Å². The molecule has 7 heteroatoms. The van der Waals surface area contributed by atoms with Crippen molar-refractivity contribution in [3.8, 4) is 11.5 Å². The van der Waals surface area contributed by atoms with E-state index in [-0.39, 0.29) is 18.1 Å². The van der Waals surface area contributed by atoms with Crippen molar-refractivity contribution < 1.29 is 18.7 Å². The third-order valence-corrected chi connectivity index (χ3v) is 4.57. The number of halogens is 1. The van der Waals surface area contributed by atoms with Crippen LogP contribution in [0.4, 0.5) is 9.18 Å². The zero-order chi connectivity index (χ0) is 22.1. The highest BCUT2D eigenvalue weighted by atomic mass is 19.1. The van der Waals surface area contributed by atoms with Crippen LogP contribution in [-0.4, -0.2) is 18.5 Å². The summed E-state index contributed by atoms with van der Waals surface area (Å²) in [6, 6.07) is 21.3. The Morgan fingerprint density at radius 1 is 0.935 bits per heavy atom. The van der Waals surface area contributed by atoms with E-state index in [9.17, 15) is 14.0 Å². The first-order valence-electron chi connectivity index (χ1n) is 9.89. The Labute approximate surface area is 180 Å². The van der Waals surface area contributed by atoms with Gasteiger partial charge in [-0.15, -0.1) is 0 Å². The summed E-state index contributed by atoms with van der Waals surface area (Å²) in [7, 11) is 0. The number of ether oxygens (including phenoxy) is 1. The predicted octanol–water partition coefficient (Wildman–Crippen LogP) is 4.08. The molecule has 31 heavy (non-hydrogen) atoms. The zero-order valence-electron chi connectivity index (χ0n) is 16.9.